The van der Waals surface area contributed by atoms with E-state index < -0.39 is 11.6 Å². The minimum absolute atomic E-state index is 0.231. The highest BCUT2D eigenvalue weighted by Crippen LogP contribution is 2.38. The number of ether oxygens (including phenoxy) is 2. The first-order valence-corrected chi connectivity index (χ1v) is 4.89. The molecule has 0 saturated heterocycles. The van der Waals surface area contributed by atoms with E-state index in [1.54, 1.807) is 6.92 Å². The molecule has 1 unspecified atom stereocenters. The van der Waals surface area contributed by atoms with Crippen LogP contribution in [0.3, 0.4) is 0 Å². The number of rotatable bonds is 4. The molecule has 0 spiro atoms. The first-order chi connectivity index (χ1) is 7.51. The largest absolute Gasteiger partial charge is 0.505 e. The molecule has 0 bridgehead atoms. The van der Waals surface area contributed by atoms with Gasteiger partial charge in [0, 0.05) is 17.7 Å². The molecule has 0 amide bonds. The average molecular weight is 229 g/mol. The Bertz CT molecular complexity index is 380. The fourth-order valence-corrected chi connectivity index (χ4v) is 1.54. The molecule has 4 nitrogen and oxygen atoms in total. The highest BCUT2D eigenvalue weighted by molar-refractivity contribution is 5.52. The first-order valence-electron chi connectivity index (χ1n) is 4.89. The van der Waals surface area contributed by atoms with Gasteiger partial charge in [-0.1, -0.05) is 0 Å². The van der Waals surface area contributed by atoms with Crippen molar-refractivity contribution in [3.05, 3.63) is 17.4 Å². The SMILES string of the molecule is COc1cc(O)c(F)c(CC(C)N)c1OC. The van der Waals surface area contributed by atoms with Gasteiger partial charge in [0.15, 0.2) is 23.1 Å². The maximum absolute atomic E-state index is 13.7. The third kappa shape index (κ3) is 2.36. The van der Waals surface area contributed by atoms with Gasteiger partial charge in [0.2, 0.25) is 0 Å². The zero-order chi connectivity index (χ0) is 12.3. The van der Waals surface area contributed by atoms with E-state index in [0.717, 1.165) is 0 Å². The van der Waals surface area contributed by atoms with E-state index >= 15 is 0 Å². The Morgan fingerprint density at radius 3 is 2.50 bits per heavy atom. The summed E-state index contributed by atoms with van der Waals surface area (Å²) < 4.78 is 23.8. The number of hydrogen-bond acceptors (Lipinski definition) is 4. The van der Waals surface area contributed by atoms with E-state index in [1.165, 1.54) is 20.3 Å². The molecule has 90 valence electrons. The second kappa shape index (κ2) is 5.03. The van der Waals surface area contributed by atoms with Gasteiger partial charge in [-0.3, -0.25) is 0 Å². The van der Waals surface area contributed by atoms with Crippen LogP contribution in [0.15, 0.2) is 6.07 Å². The van der Waals surface area contributed by atoms with Crippen molar-refractivity contribution in [1.82, 2.24) is 0 Å². The smallest absolute Gasteiger partial charge is 0.172 e. The Kier molecular flexibility index (Phi) is 3.95. The average Bonchev–Trinajstić information content (AvgIpc) is 2.23. The van der Waals surface area contributed by atoms with Gasteiger partial charge >= 0.3 is 0 Å². The van der Waals surface area contributed by atoms with Gasteiger partial charge in [0.05, 0.1) is 14.2 Å². The Hall–Kier alpha value is -1.49. The van der Waals surface area contributed by atoms with Crippen molar-refractivity contribution in [1.29, 1.82) is 0 Å². The summed E-state index contributed by atoms with van der Waals surface area (Å²) in [5.41, 5.74) is 5.84. The van der Waals surface area contributed by atoms with Crippen LogP contribution in [0.25, 0.3) is 0 Å². The summed E-state index contributed by atoms with van der Waals surface area (Å²) in [5, 5.41) is 9.39. The van der Waals surface area contributed by atoms with Crippen LogP contribution in [0, 0.1) is 5.82 Å². The van der Waals surface area contributed by atoms with Crippen LogP contribution in [-0.4, -0.2) is 25.4 Å². The van der Waals surface area contributed by atoms with Crippen molar-refractivity contribution in [3.8, 4) is 17.2 Å². The van der Waals surface area contributed by atoms with Gasteiger partial charge in [-0.2, -0.15) is 0 Å². The van der Waals surface area contributed by atoms with E-state index in [-0.39, 0.29) is 29.5 Å². The molecule has 0 heterocycles. The van der Waals surface area contributed by atoms with E-state index in [4.69, 9.17) is 15.2 Å². The highest BCUT2D eigenvalue weighted by Gasteiger charge is 2.20. The predicted octanol–water partition coefficient (Wildman–Crippen LogP) is 1.44. The Morgan fingerprint density at radius 1 is 1.44 bits per heavy atom. The lowest BCUT2D eigenvalue weighted by Gasteiger charge is -2.15. The fraction of sp³-hybridized carbons (Fsp3) is 0.455. The molecule has 0 aliphatic rings. The summed E-state index contributed by atoms with van der Waals surface area (Å²) in [6.45, 7) is 1.75. The lowest BCUT2D eigenvalue weighted by Crippen LogP contribution is -2.19. The molecule has 0 aliphatic heterocycles. The molecule has 1 aromatic rings. The lowest BCUT2D eigenvalue weighted by atomic mass is 10.0. The van der Waals surface area contributed by atoms with Gasteiger partial charge in [0.25, 0.3) is 0 Å². The summed E-state index contributed by atoms with van der Waals surface area (Å²) in [6, 6.07) is 0.939. The molecule has 0 fully saturated rings. The van der Waals surface area contributed by atoms with E-state index in [9.17, 15) is 9.50 Å². The molecule has 0 radical (unpaired) electrons. The van der Waals surface area contributed by atoms with Crippen LogP contribution in [0.1, 0.15) is 12.5 Å². The van der Waals surface area contributed by atoms with Crippen molar-refractivity contribution >= 4 is 0 Å². The topological polar surface area (TPSA) is 64.7 Å². The van der Waals surface area contributed by atoms with Crippen LogP contribution < -0.4 is 15.2 Å². The second-order valence-corrected chi connectivity index (χ2v) is 3.61. The van der Waals surface area contributed by atoms with Crippen molar-refractivity contribution in [2.75, 3.05) is 14.2 Å². The normalized spacial score (nSPS) is 12.3. The Labute approximate surface area is 93.8 Å². The van der Waals surface area contributed by atoms with Crippen molar-refractivity contribution in [3.63, 3.8) is 0 Å². The zero-order valence-corrected chi connectivity index (χ0v) is 9.58. The molecular formula is C11H16FNO3. The van der Waals surface area contributed by atoms with Crippen LogP contribution in [0.5, 0.6) is 17.2 Å². The summed E-state index contributed by atoms with van der Waals surface area (Å²) in [4.78, 5) is 0. The molecule has 1 rings (SSSR count). The molecular weight excluding hydrogens is 213 g/mol. The summed E-state index contributed by atoms with van der Waals surface area (Å²) in [7, 11) is 2.84. The van der Waals surface area contributed by atoms with E-state index in [2.05, 4.69) is 0 Å². The second-order valence-electron chi connectivity index (χ2n) is 3.61. The Morgan fingerprint density at radius 2 is 2.06 bits per heavy atom. The fourth-order valence-electron chi connectivity index (χ4n) is 1.54. The Balaban J connectivity index is 3.34. The van der Waals surface area contributed by atoms with E-state index in [1.807, 2.05) is 0 Å². The minimum atomic E-state index is -0.713. The van der Waals surface area contributed by atoms with Gasteiger partial charge < -0.3 is 20.3 Å². The molecule has 0 saturated carbocycles. The molecule has 1 aromatic carbocycles. The number of methoxy groups -OCH3 is 2. The van der Waals surface area contributed by atoms with Crippen molar-refractivity contribution < 1.29 is 19.0 Å². The predicted molar refractivity (Wildman–Crippen MR) is 58.5 cm³/mol. The summed E-state index contributed by atoms with van der Waals surface area (Å²) in [6.07, 6.45) is 0.264. The van der Waals surface area contributed by atoms with Gasteiger partial charge in [-0.05, 0) is 13.3 Å². The van der Waals surface area contributed by atoms with Crippen LogP contribution in [-0.2, 0) is 6.42 Å². The summed E-state index contributed by atoms with van der Waals surface area (Å²) >= 11 is 0. The van der Waals surface area contributed by atoms with Crippen LogP contribution in [0.2, 0.25) is 0 Å². The monoisotopic (exact) mass is 229 g/mol. The highest BCUT2D eigenvalue weighted by atomic mass is 19.1. The molecule has 3 N–H and O–H groups in total. The van der Waals surface area contributed by atoms with Gasteiger partial charge in [-0.15, -0.1) is 0 Å². The minimum Gasteiger partial charge on any atom is -0.505 e. The molecule has 1 atom stereocenters. The van der Waals surface area contributed by atoms with Gasteiger partial charge in [0.1, 0.15) is 0 Å². The van der Waals surface area contributed by atoms with Crippen molar-refractivity contribution in [2.24, 2.45) is 5.73 Å². The maximum atomic E-state index is 13.7. The number of aromatic hydroxyl groups is 1. The molecule has 0 aromatic heterocycles. The number of phenolic OH excluding ortho intramolecular Hbond substituents is 1. The lowest BCUT2D eigenvalue weighted by molar-refractivity contribution is 0.339. The zero-order valence-electron chi connectivity index (χ0n) is 9.58. The van der Waals surface area contributed by atoms with Gasteiger partial charge in [-0.25, -0.2) is 4.39 Å². The van der Waals surface area contributed by atoms with Crippen LogP contribution >= 0.6 is 0 Å². The quantitative estimate of drug-likeness (QED) is 0.820. The first kappa shape index (κ1) is 12.6. The van der Waals surface area contributed by atoms with Crippen molar-refractivity contribution in [2.45, 2.75) is 19.4 Å². The standard InChI is InChI=1S/C11H16FNO3/c1-6(13)4-7-10(12)8(14)5-9(15-2)11(7)16-3/h5-6,14H,4,13H2,1-3H3. The van der Waals surface area contributed by atoms with Crippen LogP contribution in [0.4, 0.5) is 4.39 Å². The third-order valence-electron chi connectivity index (χ3n) is 2.21. The number of nitrogens with two attached hydrogens (primary N) is 1. The maximum Gasteiger partial charge on any atom is 0.172 e. The summed E-state index contributed by atoms with van der Waals surface area (Å²) in [5.74, 6) is -0.615. The number of benzene rings is 1. The third-order valence-corrected chi connectivity index (χ3v) is 2.21. The number of phenols is 1. The number of halogens is 1. The van der Waals surface area contributed by atoms with E-state index in [0.29, 0.717) is 0 Å². The molecule has 0 aliphatic carbocycles. The number of hydrogen-bond donors (Lipinski definition) is 2. The molecule has 5 heteroatoms. The molecule has 16 heavy (non-hydrogen) atoms.